The molecule has 0 radical (unpaired) electrons. The highest BCUT2D eigenvalue weighted by atomic mass is 32.1. The van der Waals surface area contributed by atoms with Gasteiger partial charge in [-0.05, 0) is 31.2 Å². The molecular weight excluding hydrogens is 388 g/mol. The normalized spacial score (nSPS) is 12.2. The Labute approximate surface area is 171 Å². The van der Waals surface area contributed by atoms with Gasteiger partial charge in [0.25, 0.3) is 5.91 Å². The second-order valence-corrected chi connectivity index (χ2v) is 7.83. The molecule has 0 aliphatic carbocycles. The van der Waals surface area contributed by atoms with E-state index in [0.717, 1.165) is 26.2 Å². The Morgan fingerprint density at radius 3 is 2.79 bits per heavy atom. The summed E-state index contributed by atoms with van der Waals surface area (Å²) in [6.07, 6.45) is 0.682. The van der Waals surface area contributed by atoms with Crippen LogP contribution in [0.1, 0.15) is 30.2 Å². The van der Waals surface area contributed by atoms with Gasteiger partial charge in [0.15, 0.2) is 6.61 Å². The number of benzene rings is 2. The number of nitrogens with one attached hydrogen (secondary N) is 1. The Bertz CT molecular complexity index is 1100. The van der Waals surface area contributed by atoms with Gasteiger partial charge in [-0.15, -0.1) is 11.3 Å². The third kappa shape index (κ3) is 4.63. The Morgan fingerprint density at radius 2 is 1.97 bits per heavy atom. The Morgan fingerprint density at radius 1 is 1.17 bits per heavy atom. The topological polar surface area (TPSA) is 81.4 Å². The van der Waals surface area contributed by atoms with Crippen LogP contribution >= 0.6 is 11.3 Å². The molecule has 0 saturated carbocycles. The molecule has 4 rings (SSSR count). The van der Waals surface area contributed by atoms with Crippen molar-refractivity contribution in [2.45, 2.75) is 25.8 Å². The van der Waals surface area contributed by atoms with E-state index in [0.29, 0.717) is 12.2 Å². The smallest absolute Gasteiger partial charge is 0.306 e. The van der Waals surface area contributed by atoms with Gasteiger partial charge >= 0.3 is 5.97 Å². The lowest BCUT2D eigenvalue weighted by Gasteiger charge is -2.11. The number of carbonyl (C=O) groups is 2. The molecule has 1 amide bonds. The predicted molar refractivity (Wildman–Crippen MR) is 112 cm³/mol. The zero-order valence-electron chi connectivity index (χ0n) is 15.9. The Balaban J connectivity index is 1.23. The molecule has 0 spiro atoms. The second kappa shape index (κ2) is 8.45. The number of rotatable bonds is 7. The number of aromatic nitrogens is 1. The van der Waals surface area contributed by atoms with Gasteiger partial charge in [0.05, 0.1) is 27.7 Å². The molecule has 6 nitrogen and oxygen atoms in total. The van der Waals surface area contributed by atoms with Gasteiger partial charge in [0, 0.05) is 11.8 Å². The lowest BCUT2D eigenvalue weighted by molar-refractivity contribution is -0.148. The zero-order chi connectivity index (χ0) is 20.2. The van der Waals surface area contributed by atoms with E-state index < -0.39 is 5.97 Å². The summed E-state index contributed by atoms with van der Waals surface area (Å²) in [4.78, 5) is 28.6. The van der Waals surface area contributed by atoms with E-state index >= 15 is 0 Å². The molecule has 148 valence electrons. The van der Waals surface area contributed by atoms with Crippen LogP contribution in [0.5, 0.6) is 0 Å². The lowest BCUT2D eigenvalue weighted by atomic mass is 10.2. The number of amides is 1. The van der Waals surface area contributed by atoms with Crippen LogP contribution in [0.15, 0.2) is 59.0 Å². The molecule has 2 aromatic heterocycles. The molecule has 0 fully saturated rings. The molecule has 4 aromatic rings. The zero-order valence-corrected chi connectivity index (χ0v) is 16.7. The van der Waals surface area contributed by atoms with Crippen molar-refractivity contribution in [2.24, 2.45) is 0 Å². The van der Waals surface area contributed by atoms with E-state index in [4.69, 9.17) is 9.15 Å². The van der Waals surface area contributed by atoms with Crippen LogP contribution in [0.2, 0.25) is 0 Å². The maximum absolute atomic E-state index is 12.1. The number of fused-ring (bicyclic) bond motifs is 2. The van der Waals surface area contributed by atoms with Crippen molar-refractivity contribution in [1.29, 1.82) is 0 Å². The Hall–Kier alpha value is -3.19. The van der Waals surface area contributed by atoms with E-state index in [1.165, 1.54) is 0 Å². The number of para-hydroxylation sites is 2. The quantitative estimate of drug-likeness (QED) is 0.459. The van der Waals surface area contributed by atoms with Crippen molar-refractivity contribution in [1.82, 2.24) is 10.3 Å². The number of nitrogens with zero attached hydrogens (tertiary/aromatic N) is 1. The molecule has 0 aliphatic rings. The van der Waals surface area contributed by atoms with Gasteiger partial charge in [0.1, 0.15) is 11.3 Å². The van der Waals surface area contributed by atoms with Crippen LogP contribution < -0.4 is 5.32 Å². The van der Waals surface area contributed by atoms with Gasteiger partial charge in [-0.1, -0.05) is 30.3 Å². The Kier molecular flexibility index (Phi) is 5.57. The van der Waals surface area contributed by atoms with Crippen LogP contribution in [-0.4, -0.2) is 23.5 Å². The first kappa shape index (κ1) is 19.1. The number of hydrogen-bond donors (Lipinski definition) is 1. The van der Waals surface area contributed by atoms with E-state index in [1.807, 2.05) is 61.5 Å². The van der Waals surface area contributed by atoms with E-state index in [2.05, 4.69) is 10.3 Å². The summed E-state index contributed by atoms with van der Waals surface area (Å²) in [7, 11) is 0. The number of esters is 1. The van der Waals surface area contributed by atoms with Crippen molar-refractivity contribution in [2.75, 3.05) is 6.61 Å². The monoisotopic (exact) mass is 408 g/mol. The summed E-state index contributed by atoms with van der Waals surface area (Å²) in [6, 6.07) is 17.1. The van der Waals surface area contributed by atoms with Crippen molar-refractivity contribution in [3.05, 3.63) is 65.4 Å². The molecule has 0 bridgehead atoms. The highest BCUT2D eigenvalue weighted by Gasteiger charge is 2.16. The average molecular weight is 408 g/mol. The van der Waals surface area contributed by atoms with Crippen molar-refractivity contribution >= 4 is 44.4 Å². The fourth-order valence-corrected chi connectivity index (χ4v) is 3.99. The van der Waals surface area contributed by atoms with Gasteiger partial charge in [-0.3, -0.25) is 9.59 Å². The van der Waals surface area contributed by atoms with Crippen LogP contribution in [0, 0.1) is 0 Å². The summed E-state index contributed by atoms with van der Waals surface area (Å²) >= 11 is 1.56. The minimum Gasteiger partial charge on any atom is -0.459 e. The fourth-order valence-electron chi connectivity index (χ4n) is 3.02. The number of aryl methyl sites for hydroxylation is 1. The molecule has 7 heteroatoms. The minimum absolute atomic E-state index is 0.187. The molecular formula is C22H20N2O4S. The number of hydrogen-bond acceptors (Lipinski definition) is 6. The predicted octanol–water partition coefficient (Wildman–Crippen LogP) is 4.40. The van der Waals surface area contributed by atoms with Crippen molar-refractivity contribution < 1.29 is 18.7 Å². The van der Waals surface area contributed by atoms with Crippen molar-refractivity contribution in [3.8, 4) is 0 Å². The fraction of sp³-hybridized carbons (Fsp3) is 0.227. The summed E-state index contributed by atoms with van der Waals surface area (Å²) in [5, 5.41) is 4.64. The van der Waals surface area contributed by atoms with E-state index in [-0.39, 0.29) is 25.0 Å². The first-order chi connectivity index (χ1) is 14.1. The van der Waals surface area contributed by atoms with Gasteiger partial charge in [-0.25, -0.2) is 4.98 Å². The van der Waals surface area contributed by atoms with Gasteiger partial charge < -0.3 is 14.5 Å². The summed E-state index contributed by atoms with van der Waals surface area (Å²) < 4.78 is 11.9. The van der Waals surface area contributed by atoms with Crippen molar-refractivity contribution in [3.63, 3.8) is 0 Å². The minimum atomic E-state index is -0.421. The molecule has 0 unspecified atom stereocenters. The van der Waals surface area contributed by atoms with E-state index in [9.17, 15) is 9.59 Å². The second-order valence-electron chi connectivity index (χ2n) is 6.71. The average Bonchev–Trinajstić information content (AvgIpc) is 3.34. The van der Waals surface area contributed by atoms with Gasteiger partial charge in [0.2, 0.25) is 0 Å². The lowest BCUT2D eigenvalue weighted by Crippen LogP contribution is -2.31. The maximum Gasteiger partial charge on any atom is 0.306 e. The first-order valence-electron chi connectivity index (χ1n) is 9.36. The molecule has 1 N–H and O–H groups in total. The molecule has 0 saturated heterocycles. The van der Waals surface area contributed by atoms with Gasteiger partial charge in [-0.2, -0.15) is 0 Å². The highest BCUT2D eigenvalue weighted by Crippen LogP contribution is 2.24. The molecule has 1 atom stereocenters. The first-order valence-corrected chi connectivity index (χ1v) is 10.2. The number of carbonyl (C=O) groups excluding carboxylic acids is 2. The summed E-state index contributed by atoms with van der Waals surface area (Å²) in [5.74, 6) is -0.135. The molecule has 2 aromatic carbocycles. The van der Waals surface area contributed by atoms with Crippen LogP contribution in [0.4, 0.5) is 0 Å². The maximum atomic E-state index is 12.1. The number of thiazole rings is 1. The largest absolute Gasteiger partial charge is 0.459 e. The highest BCUT2D eigenvalue weighted by molar-refractivity contribution is 7.18. The SMILES string of the molecule is C[C@@H](NC(=O)COC(=O)CCc1nc2ccccc2s1)c1cc2ccccc2o1. The van der Waals surface area contributed by atoms with Crippen LogP contribution in [0.3, 0.4) is 0 Å². The third-order valence-corrected chi connectivity index (χ3v) is 5.59. The van der Waals surface area contributed by atoms with Crippen LogP contribution in [-0.2, 0) is 20.7 Å². The standard InChI is InChI=1S/C22H20N2O4S/c1-14(18-12-15-6-2-4-8-17(15)28-18)23-20(25)13-27-22(26)11-10-21-24-16-7-3-5-9-19(16)29-21/h2-9,12,14H,10-11,13H2,1H3,(H,23,25)/t14-/m1/s1. The van der Waals surface area contributed by atoms with E-state index in [1.54, 1.807) is 11.3 Å². The summed E-state index contributed by atoms with van der Waals surface area (Å²) in [6.45, 7) is 1.51. The summed E-state index contributed by atoms with van der Waals surface area (Å²) in [5.41, 5.74) is 1.70. The third-order valence-electron chi connectivity index (χ3n) is 4.49. The number of ether oxygens (including phenoxy) is 1. The molecule has 0 aliphatic heterocycles. The van der Waals surface area contributed by atoms with Crippen LogP contribution in [0.25, 0.3) is 21.2 Å². The number of furan rings is 1. The molecule has 2 heterocycles. The molecule has 29 heavy (non-hydrogen) atoms.